The summed E-state index contributed by atoms with van der Waals surface area (Å²) in [7, 11) is 0. The molecule has 6 heavy (non-hydrogen) atoms. The molecule has 0 saturated carbocycles. The van der Waals surface area contributed by atoms with Crippen LogP contribution in [0, 0.1) is 0 Å². The van der Waals surface area contributed by atoms with Gasteiger partial charge < -0.3 is 5.11 Å². The molecule has 0 aliphatic heterocycles. The minimum absolute atomic E-state index is 1.95. The zero-order chi connectivity index (χ0) is 5.91. The molecular formula is C2H3F3O. The maximum Gasteiger partial charge on any atom is 0.381 e. The van der Waals surface area contributed by atoms with E-state index in [2.05, 4.69) is 5.11 Å². The molecule has 0 saturated heterocycles. The molecule has 0 rings (SSSR count). The Hall–Kier alpha value is -0.250. The van der Waals surface area contributed by atoms with Crippen LogP contribution in [0.3, 0.4) is 0 Å². The third-order valence-electron chi connectivity index (χ3n) is 0.156. The number of alkyl halides is 3. The van der Waals surface area contributed by atoms with Crippen molar-refractivity contribution in [1.82, 2.24) is 0 Å². The summed E-state index contributed by atoms with van der Waals surface area (Å²) in [5.41, 5.74) is 0. The van der Waals surface area contributed by atoms with Gasteiger partial charge in [-0.3, -0.25) is 0 Å². The Kier molecular flexibility index (Phi) is 0.959. The molecule has 0 unspecified atom stereocenters. The zero-order valence-electron chi connectivity index (χ0n) is 3.75. The fourth-order valence-corrected chi connectivity index (χ4v) is 0. The molecule has 0 spiro atoms. The van der Waals surface area contributed by atoms with Crippen molar-refractivity contribution in [2.24, 2.45) is 0 Å². The van der Waals surface area contributed by atoms with Crippen LogP contribution < -0.4 is 0 Å². The smallest absolute Gasteiger partial charge is 0.334 e. The highest BCUT2D eigenvalue weighted by Gasteiger charge is 2.22. The van der Waals surface area contributed by atoms with Crippen LogP contribution in [-0.2, 0) is 0 Å². The van der Waals surface area contributed by atoms with Gasteiger partial charge in [-0.2, -0.15) is 8.78 Å². The van der Waals surface area contributed by atoms with Crippen molar-refractivity contribution in [3.63, 3.8) is 0 Å². The highest BCUT2D eigenvalue weighted by molar-refractivity contribution is 4.38. The predicted molar refractivity (Wildman–Crippen MR) is 13.1 cm³/mol. The fraction of sp³-hybridized carbons (Fsp3) is 1.00. The number of halogens is 3. The number of rotatable bonds is 2. The first kappa shape index (κ1) is 3.92. The van der Waals surface area contributed by atoms with E-state index in [1.807, 2.05) is 0 Å². The summed E-state index contributed by atoms with van der Waals surface area (Å²) in [6.45, 7) is -1.95. The molecule has 0 aliphatic rings. The lowest BCUT2D eigenvalue weighted by Crippen LogP contribution is -2.15. The van der Waals surface area contributed by atoms with Crippen molar-refractivity contribution in [2.45, 2.75) is 6.11 Å². The SMILES string of the molecule is [2H]OC(F)(F)CF. The highest BCUT2D eigenvalue weighted by Crippen LogP contribution is 2.06. The van der Waals surface area contributed by atoms with Gasteiger partial charge in [-0.15, -0.1) is 0 Å². The average Bonchev–Trinajstić information content (AvgIpc) is 1.68. The quantitative estimate of drug-likeness (QED) is 0.538. The highest BCUT2D eigenvalue weighted by atomic mass is 19.3. The average molecular weight is 101 g/mol. The van der Waals surface area contributed by atoms with Crippen molar-refractivity contribution in [3.8, 4) is 0 Å². The molecule has 1 N–H and O–H groups in total. The summed E-state index contributed by atoms with van der Waals surface area (Å²) in [5, 5.41) is 2.63. The standard InChI is InChI=1S/C2H3F3O/c3-1-2(4,5)6/h6H,1H2/i6D. The third kappa shape index (κ3) is 3.75. The van der Waals surface area contributed by atoms with Gasteiger partial charge >= 0.3 is 6.11 Å². The number of aliphatic hydroxyl groups is 1. The molecule has 4 heteroatoms. The van der Waals surface area contributed by atoms with E-state index in [0.29, 0.717) is 0 Å². The normalized spacial score (nSPS) is 14.2. The molecular weight excluding hydrogens is 97.0 g/mol. The second-order valence-electron chi connectivity index (χ2n) is 0.771. The van der Waals surface area contributed by atoms with Gasteiger partial charge in [0.2, 0.25) is 1.43 Å². The van der Waals surface area contributed by atoms with E-state index < -0.39 is 12.8 Å². The van der Waals surface area contributed by atoms with E-state index in [9.17, 15) is 13.2 Å². The lowest BCUT2D eigenvalue weighted by molar-refractivity contribution is -0.208. The van der Waals surface area contributed by atoms with E-state index in [1.165, 1.54) is 0 Å². The molecule has 0 aromatic rings. The van der Waals surface area contributed by atoms with E-state index in [0.717, 1.165) is 0 Å². The van der Waals surface area contributed by atoms with Crippen LogP contribution in [0.1, 0.15) is 0 Å². The van der Waals surface area contributed by atoms with Gasteiger partial charge in [-0.1, -0.05) is 0 Å². The van der Waals surface area contributed by atoms with Crippen molar-refractivity contribution >= 4 is 0 Å². The van der Waals surface area contributed by atoms with E-state index in [1.54, 1.807) is 0 Å². The molecule has 0 bridgehead atoms. The van der Waals surface area contributed by atoms with Crippen molar-refractivity contribution in [1.29, 1.82) is 1.43 Å². The van der Waals surface area contributed by atoms with Gasteiger partial charge in [0.1, 0.15) is 0 Å². The number of hydrogen-bond acceptors (Lipinski definition) is 1. The van der Waals surface area contributed by atoms with Gasteiger partial charge in [0.05, 0.1) is 0 Å². The summed E-state index contributed by atoms with van der Waals surface area (Å²) in [5.74, 6) is 0. The van der Waals surface area contributed by atoms with Crippen LogP contribution in [0.4, 0.5) is 13.2 Å². The lowest BCUT2D eigenvalue weighted by Gasteiger charge is -1.97. The molecule has 0 heterocycles. The second kappa shape index (κ2) is 1.47. The molecule has 38 valence electrons. The molecule has 0 aliphatic carbocycles. The van der Waals surface area contributed by atoms with Crippen molar-refractivity contribution in [3.05, 3.63) is 0 Å². The Morgan fingerprint density at radius 1 is 1.83 bits per heavy atom. The maximum absolute atomic E-state index is 11.1. The van der Waals surface area contributed by atoms with Gasteiger partial charge in [0.15, 0.2) is 6.67 Å². The molecule has 0 aromatic carbocycles. The minimum atomic E-state index is -3.92. The molecule has 0 aromatic heterocycles. The first-order valence-corrected chi connectivity index (χ1v) is 1.20. The van der Waals surface area contributed by atoms with E-state index >= 15 is 0 Å². The van der Waals surface area contributed by atoms with Crippen LogP contribution in [0.2, 0.25) is 0 Å². The largest absolute Gasteiger partial charge is 0.381 e. The summed E-state index contributed by atoms with van der Waals surface area (Å²) < 4.78 is 38.5. The molecule has 0 atom stereocenters. The van der Waals surface area contributed by atoms with Gasteiger partial charge in [-0.25, -0.2) is 4.39 Å². The fourth-order valence-electron chi connectivity index (χ4n) is 0. The Balaban J connectivity index is 3.36. The topological polar surface area (TPSA) is 20.2 Å². The second-order valence-corrected chi connectivity index (χ2v) is 0.771. The van der Waals surface area contributed by atoms with E-state index in [-0.39, 0.29) is 0 Å². The summed E-state index contributed by atoms with van der Waals surface area (Å²) in [6.07, 6.45) is -3.92. The third-order valence-corrected chi connectivity index (χ3v) is 0.156. The van der Waals surface area contributed by atoms with Gasteiger partial charge in [0.25, 0.3) is 0 Å². The Morgan fingerprint density at radius 2 is 2.33 bits per heavy atom. The van der Waals surface area contributed by atoms with Crippen LogP contribution in [0.5, 0.6) is 0 Å². The van der Waals surface area contributed by atoms with Crippen LogP contribution in [0.25, 0.3) is 0 Å². The monoisotopic (exact) mass is 101 g/mol. The Bertz CT molecular complexity index is 50.9. The molecule has 0 amide bonds. The maximum atomic E-state index is 11.1. The van der Waals surface area contributed by atoms with Gasteiger partial charge in [0, 0.05) is 0 Å². The Labute approximate surface area is 33.9 Å². The summed E-state index contributed by atoms with van der Waals surface area (Å²) in [6, 6.07) is 0. The molecule has 0 fully saturated rings. The Morgan fingerprint density at radius 3 is 2.33 bits per heavy atom. The first-order valence-electron chi connectivity index (χ1n) is 1.61. The minimum Gasteiger partial charge on any atom is -0.334 e. The van der Waals surface area contributed by atoms with Crippen LogP contribution in [0.15, 0.2) is 0 Å². The van der Waals surface area contributed by atoms with Crippen molar-refractivity contribution < 1.29 is 18.3 Å². The predicted octanol–water partition coefficient (Wildman–Crippen LogP) is 0.541. The molecule has 0 radical (unpaired) electrons. The number of hydrogen-bond donors (Lipinski definition) is 1. The lowest BCUT2D eigenvalue weighted by atomic mass is 10.7. The van der Waals surface area contributed by atoms with Crippen molar-refractivity contribution in [2.75, 3.05) is 6.67 Å². The first-order chi connectivity index (χ1) is 3.12. The van der Waals surface area contributed by atoms with Crippen LogP contribution >= 0.6 is 0 Å². The van der Waals surface area contributed by atoms with E-state index in [4.69, 9.17) is 1.43 Å². The zero-order valence-corrected chi connectivity index (χ0v) is 2.75. The van der Waals surface area contributed by atoms with Gasteiger partial charge in [-0.05, 0) is 0 Å². The van der Waals surface area contributed by atoms with Crippen LogP contribution in [-0.4, -0.2) is 19.3 Å². The summed E-state index contributed by atoms with van der Waals surface area (Å²) >= 11 is 0. The molecule has 1 nitrogen and oxygen atoms in total. The summed E-state index contributed by atoms with van der Waals surface area (Å²) in [4.78, 5) is 0.